The molecule has 0 spiro atoms. The number of nitrogens with one attached hydrogen (secondary N) is 1. The molecule has 6 N–H and O–H groups in total. The predicted molar refractivity (Wildman–Crippen MR) is 102 cm³/mol. The van der Waals surface area contributed by atoms with Crippen molar-refractivity contribution in [3.8, 4) is 0 Å². The standard InChI is InChI=1S/C19H39NO7/c1-3-14(2)10-8-6-4-5-7-9-11-27-19(26)20-12-15(22)17(24)18(25)16(23)13-21/h14-18,21-25H,3-13H2,1-2H3,(H,20,26)/t14?,15-,16+,17+,18+/m0/s1. The molecule has 0 saturated carbocycles. The van der Waals surface area contributed by atoms with Crippen molar-refractivity contribution >= 4 is 6.09 Å². The maximum atomic E-state index is 11.5. The molecule has 8 heteroatoms. The molecule has 27 heavy (non-hydrogen) atoms. The summed E-state index contributed by atoms with van der Waals surface area (Å²) in [6.07, 6.45) is 1.89. The van der Waals surface area contributed by atoms with Crippen LogP contribution in [-0.4, -0.2) is 75.8 Å². The molecule has 0 aliphatic carbocycles. The lowest BCUT2D eigenvalue weighted by atomic mass is 10.00. The van der Waals surface area contributed by atoms with Gasteiger partial charge in [0.25, 0.3) is 0 Å². The van der Waals surface area contributed by atoms with Crippen LogP contribution in [0.4, 0.5) is 4.79 Å². The van der Waals surface area contributed by atoms with Crippen molar-refractivity contribution in [1.82, 2.24) is 5.32 Å². The summed E-state index contributed by atoms with van der Waals surface area (Å²) in [7, 11) is 0. The molecular weight excluding hydrogens is 354 g/mol. The summed E-state index contributed by atoms with van der Waals surface area (Å²) in [5.74, 6) is 0.805. The van der Waals surface area contributed by atoms with E-state index in [1.807, 2.05) is 0 Å². The van der Waals surface area contributed by atoms with Gasteiger partial charge in [-0.3, -0.25) is 0 Å². The van der Waals surface area contributed by atoms with Crippen molar-refractivity contribution in [2.24, 2.45) is 5.92 Å². The highest BCUT2D eigenvalue weighted by molar-refractivity contribution is 5.67. The number of rotatable bonds is 16. The Morgan fingerprint density at radius 3 is 2.07 bits per heavy atom. The molecule has 0 aromatic carbocycles. The first-order chi connectivity index (χ1) is 12.8. The summed E-state index contributed by atoms with van der Waals surface area (Å²) >= 11 is 0. The fourth-order valence-corrected chi connectivity index (χ4v) is 2.59. The first-order valence-corrected chi connectivity index (χ1v) is 10.1. The van der Waals surface area contributed by atoms with Gasteiger partial charge >= 0.3 is 6.09 Å². The maximum absolute atomic E-state index is 11.5. The Kier molecular flexibility index (Phi) is 15.5. The molecule has 0 aliphatic heterocycles. The lowest BCUT2D eigenvalue weighted by molar-refractivity contribution is -0.113. The van der Waals surface area contributed by atoms with Crippen LogP contribution in [-0.2, 0) is 4.74 Å². The molecule has 0 aromatic heterocycles. The first kappa shape index (κ1) is 26.1. The van der Waals surface area contributed by atoms with Crippen LogP contribution < -0.4 is 5.32 Å². The maximum Gasteiger partial charge on any atom is 0.407 e. The average molecular weight is 394 g/mol. The highest BCUT2D eigenvalue weighted by Gasteiger charge is 2.30. The molecule has 162 valence electrons. The fraction of sp³-hybridized carbons (Fsp3) is 0.947. The van der Waals surface area contributed by atoms with Gasteiger partial charge in [0.2, 0.25) is 0 Å². The fourth-order valence-electron chi connectivity index (χ4n) is 2.59. The summed E-state index contributed by atoms with van der Waals surface area (Å²) in [5, 5.41) is 49.0. The Balaban J connectivity index is 3.64. The number of carbonyl (C=O) groups excluding carboxylic acids is 1. The van der Waals surface area contributed by atoms with E-state index in [-0.39, 0.29) is 13.2 Å². The van der Waals surface area contributed by atoms with Crippen molar-refractivity contribution in [3.05, 3.63) is 0 Å². The molecule has 0 radical (unpaired) electrons. The van der Waals surface area contributed by atoms with Gasteiger partial charge in [0.1, 0.15) is 18.3 Å². The molecule has 0 rings (SSSR count). The van der Waals surface area contributed by atoms with Gasteiger partial charge in [-0.1, -0.05) is 58.8 Å². The van der Waals surface area contributed by atoms with Gasteiger partial charge in [-0.15, -0.1) is 0 Å². The van der Waals surface area contributed by atoms with E-state index in [2.05, 4.69) is 19.2 Å². The lowest BCUT2D eigenvalue weighted by Crippen LogP contribution is -2.49. The number of aliphatic hydroxyl groups is 5. The van der Waals surface area contributed by atoms with Gasteiger partial charge < -0.3 is 35.6 Å². The van der Waals surface area contributed by atoms with Crippen molar-refractivity contribution in [1.29, 1.82) is 0 Å². The zero-order valence-corrected chi connectivity index (χ0v) is 16.7. The number of carbonyl (C=O) groups is 1. The van der Waals surface area contributed by atoms with Gasteiger partial charge in [0, 0.05) is 6.54 Å². The average Bonchev–Trinajstić information content (AvgIpc) is 2.68. The summed E-state index contributed by atoms with van der Waals surface area (Å²) in [6.45, 7) is 3.68. The Bertz CT molecular complexity index is 370. The highest BCUT2D eigenvalue weighted by Crippen LogP contribution is 2.14. The minimum absolute atomic E-state index is 0.281. The number of amides is 1. The topological polar surface area (TPSA) is 139 Å². The van der Waals surface area contributed by atoms with Crippen molar-refractivity contribution in [3.63, 3.8) is 0 Å². The molecule has 0 saturated heterocycles. The van der Waals surface area contributed by atoms with Crippen LogP contribution in [0.1, 0.15) is 65.2 Å². The van der Waals surface area contributed by atoms with Crippen LogP contribution in [0.25, 0.3) is 0 Å². The first-order valence-electron chi connectivity index (χ1n) is 10.1. The molecule has 0 fully saturated rings. The van der Waals surface area contributed by atoms with Crippen molar-refractivity contribution in [2.45, 2.75) is 89.6 Å². The number of unbranched alkanes of at least 4 members (excludes halogenated alkanes) is 5. The van der Waals surface area contributed by atoms with Crippen LogP contribution in [0.5, 0.6) is 0 Å². The second kappa shape index (κ2) is 16.1. The van der Waals surface area contributed by atoms with E-state index in [0.717, 1.165) is 25.2 Å². The highest BCUT2D eigenvalue weighted by atomic mass is 16.5. The van der Waals surface area contributed by atoms with Crippen LogP contribution >= 0.6 is 0 Å². The van der Waals surface area contributed by atoms with Gasteiger partial charge in [-0.25, -0.2) is 4.79 Å². The second-order valence-electron chi connectivity index (χ2n) is 7.24. The molecular formula is C19H39NO7. The number of hydrogen-bond acceptors (Lipinski definition) is 7. The third-order valence-corrected chi connectivity index (χ3v) is 4.80. The molecule has 1 unspecified atom stereocenters. The van der Waals surface area contributed by atoms with Crippen LogP contribution in [0.3, 0.4) is 0 Å². The molecule has 0 bridgehead atoms. The molecule has 1 amide bonds. The SMILES string of the molecule is CCC(C)CCCCCCCCOC(=O)NC[C@H](O)[C@@H](O)[C@H](O)[C@H](O)CO. The predicted octanol–water partition coefficient (Wildman–Crippen LogP) is 0.925. The van der Waals surface area contributed by atoms with Crippen molar-refractivity contribution in [2.75, 3.05) is 19.8 Å². The third-order valence-electron chi connectivity index (χ3n) is 4.80. The van der Waals surface area contributed by atoms with E-state index in [1.165, 1.54) is 32.1 Å². The minimum atomic E-state index is -1.71. The molecule has 0 aromatic rings. The number of hydrogen-bond donors (Lipinski definition) is 6. The van der Waals surface area contributed by atoms with Gasteiger partial charge in [0.15, 0.2) is 0 Å². The quantitative estimate of drug-likeness (QED) is 0.214. The number of ether oxygens (including phenoxy) is 1. The Morgan fingerprint density at radius 2 is 1.48 bits per heavy atom. The van der Waals surface area contributed by atoms with Crippen LogP contribution in [0.15, 0.2) is 0 Å². The van der Waals surface area contributed by atoms with E-state index in [1.54, 1.807) is 0 Å². The van der Waals surface area contributed by atoms with E-state index in [4.69, 9.17) is 9.84 Å². The van der Waals surface area contributed by atoms with Crippen molar-refractivity contribution < 1.29 is 35.1 Å². The number of aliphatic hydroxyl groups excluding tert-OH is 5. The summed E-state index contributed by atoms with van der Waals surface area (Å²) in [6, 6.07) is 0. The molecule has 0 heterocycles. The normalized spacial score (nSPS) is 17.0. The van der Waals surface area contributed by atoms with Gasteiger partial charge in [-0.2, -0.15) is 0 Å². The van der Waals surface area contributed by atoms with E-state index in [9.17, 15) is 25.2 Å². The summed E-state index contributed by atoms with van der Waals surface area (Å²) in [4.78, 5) is 11.5. The van der Waals surface area contributed by atoms with Gasteiger partial charge in [0.05, 0.1) is 19.3 Å². The zero-order chi connectivity index (χ0) is 20.7. The summed E-state index contributed by atoms with van der Waals surface area (Å²) in [5.41, 5.74) is 0. The zero-order valence-electron chi connectivity index (χ0n) is 16.7. The second-order valence-corrected chi connectivity index (χ2v) is 7.24. The third kappa shape index (κ3) is 13.0. The monoisotopic (exact) mass is 393 g/mol. The number of alkyl carbamates (subject to hydrolysis) is 1. The van der Waals surface area contributed by atoms with E-state index >= 15 is 0 Å². The van der Waals surface area contributed by atoms with E-state index < -0.39 is 37.1 Å². The van der Waals surface area contributed by atoms with Crippen LogP contribution in [0, 0.1) is 5.92 Å². The lowest BCUT2D eigenvalue weighted by Gasteiger charge is -2.25. The minimum Gasteiger partial charge on any atom is -0.450 e. The Morgan fingerprint density at radius 1 is 0.926 bits per heavy atom. The molecule has 0 aliphatic rings. The smallest absolute Gasteiger partial charge is 0.407 e. The summed E-state index contributed by atoms with van der Waals surface area (Å²) < 4.78 is 4.98. The van der Waals surface area contributed by atoms with Crippen LogP contribution in [0.2, 0.25) is 0 Å². The molecule has 8 nitrogen and oxygen atoms in total. The Hall–Kier alpha value is -0.930. The largest absolute Gasteiger partial charge is 0.450 e. The van der Waals surface area contributed by atoms with E-state index in [0.29, 0.717) is 0 Å². The molecule has 5 atom stereocenters. The van der Waals surface area contributed by atoms with Gasteiger partial charge in [-0.05, 0) is 12.3 Å². The Labute approximate surface area is 162 Å².